The van der Waals surface area contributed by atoms with Crippen LogP contribution in [0.3, 0.4) is 0 Å². The molecule has 1 aliphatic carbocycles. The Morgan fingerprint density at radius 2 is 2.21 bits per heavy atom. The zero-order valence-electron chi connectivity index (χ0n) is 10.6. The normalized spacial score (nSPS) is 14.0. The third-order valence-corrected chi connectivity index (χ3v) is 2.54. The minimum absolute atomic E-state index is 0.0335. The van der Waals surface area contributed by atoms with Gasteiger partial charge < -0.3 is 15.4 Å². The van der Waals surface area contributed by atoms with Crippen molar-refractivity contribution in [2.24, 2.45) is 0 Å². The van der Waals surface area contributed by atoms with Gasteiger partial charge in [0.15, 0.2) is 0 Å². The number of amides is 1. The summed E-state index contributed by atoms with van der Waals surface area (Å²) in [5, 5.41) is 5.68. The maximum absolute atomic E-state index is 11.5. The monoisotopic (exact) mass is 285 g/mol. The Balaban J connectivity index is 1.87. The summed E-state index contributed by atoms with van der Waals surface area (Å²) >= 11 is 5.76. The van der Waals surface area contributed by atoms with E-state index in [0.29, 0.717) is 12.6 Å². The minimum atomic E-state index is -0.0879. The van der Waals surface area contributed by atoms with Crippen LogP contribution in [0.15, 0.2) is 0 Å². The minimum Gasteiger partial charge on any atom is -0.463 e. The van der Waals surface area contributed by atoms with Gasteiger partial charge in [-0.05, 0) is 30.9 Å². The van der Waals surface area contributed by atoms with Crippen LogP contribution in [0.25, 0.3) is 0 Å². The van der Waals surface area contributed by atoms with Gasteiger partial charge in [-0.1, -0.05) is 6.92 Å². The van der Waals surface area contributed by atoms with E-state index in [1.54, 1.807) is 0 Å². The molecule has 0 bridgehead atoms. The number of carbonyl (C=O) groups excluding carboxylic acids is 1. The molecule has 19 heavy (non-hydrogen) atoms. The molecule has 1 fully saturated rings. The van der Waals surface area contributed by atoms with E-state index in [1.807, 2.05) is 6.92 Å². The van der Waals surface area contributed by atoms with E-state index < -0.39 is 0 Å². The third-order valence-electron chi connectivity index (χ3n) is 2.37. The standard InChI is InChI=1S/C11H16ClN5O2/c1-2-5-19-11-16-9(12)15-10(17-11)13-6-8(18)14-7-3-4-7/h7H,2-6H2,1H3,(H,14,18)(H,13,15,16,17). The molecular weight excluding hydrogens is 270 g/mol. The summed E-state index contributed by atoms with van der Waals surface area (Å²) in [6.07, 6.45) is 2.95. The van der Waals surface area contributed by atoms with Gasteiger partial charge in [-0.2, -0.15) is 15.0 Å². The number of anilines is 1. The highest BCUT2D eigenvalue weighted by molar-refractivity contribution is 6.28. The fourth-order valence-corrected chi connectivity index (χ4v) is 1.49. The van der Waals surface area contributed by atoms with E-state index in [-0.39, 0.29) is 29.7 Å². The summed E-state index contributed by atoms with van der Waals surface area (Å²) < 4.78 is 5.27. The summed E-state index contributed by atoms with van der Waals surface area (Å²) in [5.74, 6) is 0.145. The summed E-state index contributed by atoms with van der Waals surface area (Å²) in [5.41, 5.74) is 0. The Kier molecular flexibility index (Phi) is 4.73. The van der Waals surface area contributed by atoms with Gasteiger partial charge in [-0.15, -0.1) is 0 Å². The molecular formula is C11H16ClN5O2. The number of carbonyl (C=O) groups is 1. The molecule has 104 valence electrons. The molecule has 1 saturated carbocycles. The molecule has 0 saturated heterocycles. The van der Waals surface area contributed by atoms with Crippen LogP contribution < -0.4 is 15.4 Å². The van der Waals surface area contributed by atoms with Crippen LogP contribution in [0, 0.1) is 0 Å². The van der Waals surface area contributed by atoms with Gasteiger partial charge in [0, 0.05) is 6.04 Å². The Hall–Kier alpha value is -1.63. The molecule has 0 aromatic carbocycles. The number of ether oxygens (including phenoxy) is 1. The summed E-state index contributed by atoms with van der Waals surface area (Å²) in [4.78, 5) is 23.2. The maximum atomic E-state index is 11.5. The highest BCUT2D eigenvalue weighted by Gasteiger charge is 2.23. The first-order valence-corrected chi connectivity index (χ1v) is 6.62. The highest BCUT2D eigenvalue weighted by atomic mass is 35.5. The SMILES string of the molecule is CCCOc1nc(Cl)nc(NCC(=O)NC2CC2)n1. The Morgan fingerprint density at radius 3 is 2.89 bits per heavy atom. The topological polar surface area (TPSA) is 89.0 Å². The van der Waals surface area contributed by atoms with E-state index in [4.69, 9.17) is 16.3 Å². The molecule has 2 N–H and O–H groups in total. The van der Waals surface area contributed by atoms with Crippen LogP contribution in [0.2, 0.25) is 5.28 Å². The van der Waals surface area contributed by atoms with Gasteiger partial charge in [0.05, 0.1) is 13.2 Å². The van der Waals surface area contributed by atoms with Crippen LogP contribution in [-0.4, -0.2) is 40.1 Å². The number of halogens is 1. The summed E-state index contributed by atoms with van der Waals surface area (Å²) in [7, 11) is 0. The molecule has 0 atom stereocenters. The molecule has 1 heterocycles. The van der Waals surface area contributed by atoms with Gasteiger partial charge in [0.1, 0.15) is 0 Å². The van der Waals surface area contributed by atoms with Crippen molar-refractivity contribution in [1.82, 2.24) is 20.3 Å². The van der Waals surface area contributed by atoms with Crippen LogP contribution in [0.5, 0.6) is 6.01 Å². The van der Waals surface area contributed by atoms with Crippen molar-refractivity contribution in [3.8, 4) is 6.01 Å². The fraction of sp³-hybridized carbons (Fsp3) is 0.636. The van der Waals surface area contributed by atoms with E-state index in [0.717, 1.165) is 19.3 Å². The molecule has 0 radical (unpaired) electrons. The molecule has 2 rings (SSSR count). The van der Waals surface area contributed by atoms with E-state index in [1.165, 1.54) is 0 Å². The summed E-state index contributed by atoms with van der Waals surface area (Å²) in [6.45, 7) is 2.58. The van der Waals surface area contributed by atoms with Gasteiger partial charge >= 0.3 is 6.01 Å². The van der Waals surface area contributed by atoms with Crippen molar-refractivity contribution < 1.29 is 9.53 Å². The first-order chi connectivity index (χ1) is 9.17. The average Bonchev–Trinajstić information content (AvgIpc) is 3.17. The predicted octanol–water partition coefficient (Wildman–Crippen LogP) is 1.00. The van der Waals surface area contributed by atoms with E-state index >= 15 is 0 Å². The number of rotatable bonds is 7. The largest absolute Gasteiger partial charge is 0.463 e. The third kappa shape index (κ3) is 4.86. The quantitative estimate of drug-likeness (QED) is 0.777. The Labute approximate surface area is 116 Å². The second-order valence-electron chi connectivity index (χ2n) is 4.25. The molecule has 7 nitrogen and oxygen atoms in total. The van der Waals surface area contributed by atoms with E-state index in [2.05, 4.69) is 25.6 Å². The molecule has 0 unspecified atom stereocenters. The fourth-order valence-electron chi connectivity index (χ4n) is 1.33. The highest BCUT2D eigenvalue weighted by Crippen LogP contribution is 2.18. The Bertz CT molecular complexity index is 453. The van der Waals surface area contributed by atoms with Crippen molar-refractivity contribution in [3.63, 3.8) is 0 Å². The van der Waals surface area contributed by atoms with Gasteiger partial charge in [0.25, 0.3) is 0 Å². The first kappa shape index (κ1) is 13.8. The molecule has 8 heteroatoms. The second kappa shape index (κ2) is 6.51. The number of nitrogens with zero attached hydrogens (tertiary/aromatic N) is 3. The van der Waals surface area contributed by atoms with Gasteiger partial charge in [-0.25, -0.2) is 0 Å². The average molecular weight is 286 g/mol. The zero-order valence-corrected chi connectivity index (χ0v) is 11.4. The lowest BCUT2D eigenvalue weighted by molar-refractivity contribution is -0.119. The molecule has 0 spiro atoms. The Morgan fingerprint density at radius 1 is 1.42 bits per heavy atom. The first-order valence-electron chi connectivity index (χ1n) is 6.25. The lowest BCUT2D eigenvalue weighted by Crippen LogP contribution is -2.31. The van der Waals surface area contributed by atoms with Crippen molar-refractivity contribution in [3.05, 3.63) is 5.28 Å². The second-order valence-corrected chi connectivity index (χ2v) is 4.59. The van der Waals surface area contributed by atoms with Gasteiger partial charge in [0.2, 0.25) is 17.1 Å². The summed E-state index contributed by atoms with van der Waals surface area (Å²) in [6, 6.07) is 0.492. The van der Waals surface area contributed by atoms with Crippen LogP contribution in [0.1, 0.15) is 26.2 Å². The van der Waals surface area contributed by atoms with Crippen molar-refractivity contribution in [1.29, 1.82) is 0 Å². The van der Waals surface area contributed by atoms with Crippen molar-refractivity contribution in [2.45, 2.75) is 32.2 Å². The number of nitrogens with one attached hydrogen (secondary N) is 2. The zero-order chi connectivity index (χ0) is 13.7. The number of aromatic nitrogens is 3. The maximum Gasteiger partial charge on any atom is 0.322 e. The molecule has 1 aromatic rings. The predicted molar refractivity (Wildman–Crippen MR) is 70.3 cm³/mol. The van der Waals surface area contributed by atoms with Gasteiger partial charge in [-0.3, -0.25) is 4.79 Å². The van der Waals surface area contributed by atoms with Crippen molar-refractivity contribution in [2.75, 3.05) is 18.5 Å². The van der Waals surface area contributed by atoms with Crippen LogP contribution in [-0.2, 0) is 4.79 Å². The van der Waals surface area contributed by atoms with Crippen LogP contribution in [0.4, 0.5) is 5.95 Å². The molecule has 1 aromatic heterocycles. The van der Waals surface area contributed by atoms with E-state index in [9.17, 15) is 4.79 Å². The molecule has 1 aliphatic rings. The molecule has 1 amide bonds. The lowest BCUT2D eigenvalue weighted by Gasteiger charge is -2.07. The molecule has 0 aliphatic heterocycles. The number of hydrogen-bond donors (Lipinski definition) is 2. The van der Waals surface area contributed by atoms with Crippen molar-refractivity contribution >= 4 is 23.5 Å². The van der Waals surface area contributed by atoms with Crippen LogP contribution >= 0.6 is 11.6 Å². The lowest BCUT2D eigenvalue weighted by atomic mass is 10.5. The smallest absolute Gasteiger partial charge is 0.322 e. The number of hydrogen-bond acceptors (Lipinski definition) is 6.